The summed E-state index contributed by atoms with van der Waals surface area (Å²) in [4.78, 5) is 25.6. The van der Waals surface area contributed by atoms with E-state index in [2.05, 4.69) is 19.9 Å². The largest absolute Gasteiger partial charge is 0.463 e. The minimum Gasteiger partial charge on any atom is -0.463 e. The summed E-state index contributed by atoms with van der Waals surface area (Å²) in [5.41, 5.74) is 8.02. The van der Waals surface area contributed by atoms with Gasteiger partial charge in [0.25, 0.3) is 0 Å². The molecule has 0 unspecified atom stereocenters. The number of nitrogens with two attached hydrogens (primary N) is 1. The molecule has 4 rings (SSSR count). The number of aromatic amines is 1. The molecule has 0 atom stereocenters. The first-order chi connectivity index (χ1) is 15.8. The van der Waals surface area contributed by atoms with Crippen LogP contribution in [0, 0.1) is 0 Å². The topological polar surface area (TPSA) is 111 Å². The van der Waals surface area contributed by atoms with Gasteiger partial charge in [-0.3, -0.25) is 9.47 Å². The average molecular weight is 466 g/mol. The SMILES string of the molecule is Nc1nc(OCCCC(F)(F)F)nc2c1[nH]c(=O)n2Cc1ccc(CN2CCOCC2)cc1. The summed E-state index contributed by atoms with van der Waals surface area (Å²) >= 11 is 0. The highest BCUT2D eigenvalue weighted by molar-refractivity contribution is 5.81. The van der Waals surface area contributed by atoms with Gasteiger partial charge in [0, 0.05) is 26.1 Å². The first-order valence-electron chi connectivity index (χ1n) is 10.6. The fraction of sp³-hybridized carbons (Fsp3) is 0.476. The van der Waals surface area contributed by atoms with Gasteiger partial charge in [-0.15, -0.1) is 0 Å². The van der Waals surface area contributed by atoms with Crippen molar-refractivity contribution in [2.75, 3.05) is 38.6 Å². The Labute approximate surface area is 187 Å². The smallest absolute Gasteiger partial charge is 0.389 e. The van der Waals surface area contributed by atoms with Gasteiger partial charge in [-0.05, 0) is 17.5 Å². The van der Waals surface area contributed by atoms with Crippen LogP contribution in [0.5, 0.6) is 6.01 Å². The van der Waals surface area contributed by atoms with Crippen molar-refractivity contribution >= 4 is 17.0 Å². The van der Waals surface area contributed by atoms with Gasteiger partial charge in [0.15, 0.2) is 11.5 Å². The molecule has 2 aromatic heterocycles. The van der Waals surface area contributed by atoms with Gasteiger partial charge in [-0.2, -0.15) is 23.1 Å². The lowest BCUT2D eigenvalue weighted by molar-refractivity contribution is -0.136. The lowest BCUT2D eigenvalue weighted by Crippen LogP contribution is -2.35. The summed E-state index contributed by atoms with van der Waals surface area (Å²) in [5, 5.41) is 0. The number of rotatable bonds is 8. The molecule has 1 saturated heterocycles. The number of benzene rings is 1. The van der Waals surface area contributed by atoms with Crippen LogP contribution in [-0.4, -0.2) is 63.5 Å². The quantitative estimate of drug-likeness (QED) is 0.490. The van der Waals surface area contributed by atoms with Crippen molar-refractivity contribution in [3.63, 3.8) is 0 Å². The van der Waals surface area contributed by atoms with E-state index in [0.717, 1.165) is 44.0 Å². The zero-order valence-electron chi connectivity index (χ0n) is 17.9. The normalized spacial score (nSPS) is 15.2. The van der Waals surface area contributed by atoms with Gasteiger partial charge >= 0.3 is 17.9 Å². The van der Waals surface area contributed by atoms with Gasteiger partial charge in [-0.25, -0.2) is 4.79 Å². The lowest BCUT2D eigenvalue weighted by atomic mass is 10.1. The molecule has 0 radical (unpaired) electrons. The number of nitrogens with zero attached hydrogens (tertiary/aromatic N) is 4. The molecule has 0 spiro atoms. The van der Waals surface area contributed by atoms with Crippen LogP contribution in [0.2, 0.25) is 0 Å². The van der Waals surface area contributed by atoms with E-state index in [4.69, 9.17) is 15.2 Å². The number of nitrogens with one attached hydrogen (secondary N) is 1. The van der Waals surface area contributed by atoms with E-state index in [1.807, 2.05) is 24.3 Å². The molecule has 33 heavy (non-hydrogen) atoms. The predicted molar refractivity (Wildman–Crippen MR) is 115 cm³/mol. The summed E-state index contributed by atoms with van der Waals surface area (Å²) in [7, 11) is 0. The van der Waals surface area contributed by atoms with Crippen LogP contribution >= 0.6 is 0 Å². The van der Waals surface area contributed by atoms with Crippen LogP contribution < -0.4 is 16.2 Å². The minimum atomic E-state index is -4.26. The fourth-order valence-corrected chi connectivity index (χ4v) is 3.63. The molecule has 0 aliphatic carbocycles. The summed E-state index contributed by atoms with van der Waals surface area (Å²) in [6.07, 6.45) is -5.46. The van der Waals surface area contributed by atoms with Gasteiger partial charge < -0.3 is 20.2 Å². The van der Waals surface area contributed by atoms with Crippen LogP contribution in [0.4, 0.5) is 19.0 Å². The number of ether oxygens (including phenoxy) is 2. The third-order valence-electron chi connectivity index (χ3n) is 5.34. The van der Waals surface area contributed by atoms with E-state index >= 15 is 0 Å². The van der Waals surface area contributed by atoms with E-state index in [-0.39, 0.29) is 42.6 Å². The van der Waals surface area contributed by atoms with Crippen molar-refractivity contribution in [2.24, 2.45) is 0 Å². The van der Waals surface area contributed by atoms with Crippen LogP contribution in [0.3, 0.4) is 0 Å². The second kappa shape index (κ2) is 9.79. The predicted octanol–water partition coefficient (Wildman–Crippen LogP) is 2.30. The number of fused-ring (bicyclic) bond motifs is 1. The average Bonchev–Trinajstić information content (AvgIpc) is 3.09. The van der Waals surface area contributed by atoms with Gasteiger partial charge in [-0.1, -0.05) is 24.3 Å². The summed E-state index contributed by atoms with van der Waals surface area (Å²) in [6.45, 7) is 4.11. The van der Waals surface area contributed by atoms with E-state index < -0.39 is 18.3 Å². The molecule has 9 nitrogen and oxygen atoms in total. The Morgan fingerprint density at radius 2 is 1.76 bits per heavy atom. The van der Waals surface area contributed by atoms with Gasteiger partial charge in [0.05, 0.1) is 26.4 Å². The summed E-state index contributed by atoms with van der Waals surface area (Å²) < 4.78 is 48.9. The van der Waals surface area contributed by atoms with E-state index in [9.17, 15) is 18.0 Å². The van der Waals surface area contributed by atoms with E-state index in [1.165, 1.54) is 4.57 Å². The monoisotopic (exact) mass is 466 g/mol. The molecular weight excluding hydrogens is 441 g/mol. The molecule has 0 amide bonds. The first kappa shape index (κ1) is 23.1. The van der Waals surface area contributed by atoms with Crippen molar-refractivity contribution in [1.29, 1.82) is 0 Å². The zero-order chi connectivity index (χ0) is 23.4. The fourth-order valence-electron chi connectivity index (χ4n) is 3.63. The van der Waals surface area contributed by atoms with Crippen LogP contribution in [0.1, 0.15) is 24.0 Å². The molecule has 178 valence electrons. The number of aromatic nitrogens is 4. The van der Waals surface area contributed by atoms with Crippen LogP contribution in [0.25, 0.3) is 11.2 Å². The number of alkyl halides is 3. The maximum atomic E-state index is 12.5. The lowest BCUT2D eigenvalue weighted by Gasteiger charge is -2.26. The Morgan fingerprint density at radius 1 is 1.09 bits per heavy atom. The molecule has 1 aliphatic rings. The number of imidazole rings is 1. The Bertz CT molecular complexity index is 1140. The molecule has 12 heteroatoms. The number of morpholine rings is 1. The van der Waals surface area contributed by atoms with Crippen LogP contribution in [-0.2, 0) is 17.8 Å². The Kier molecular flexibility index (Phi) is 6.84. The molecule has 1 aromatic carbocycles. The maximum absolute atomic E-state index is 12.5. The first-order valence-corrected chi connectivity index (χ1v) is 10.6. The second-order valence-electron chi connectivity index (χ2n) is 7.88. The van der Waals surface area contributed by atoms with Crippen molar-refractivity contribution in [3.05, 3.63) is 45.9 Å². The number of anilines is 1. The van der Waals surface area contributed by atoms with Gasteiger partial charge in [0.1, 0.15) is 5.52 Å². The number of hydrogen-bond donors (Lipinski definition) is 2. The highest BCUT2D eigenvalue weighted by atomic mass is 19.4. The van der Waals surface area contributed by atoms with Crippen molar-refractivity contribution in [3.8, 4) is 6.01 Å². The summed E-state index contributed by atoms with van der Waals surface area (Å²) in [6, 6.07) is 7.75. The highest BCUT2D eigenvalue weighted by Gasteiger charge is 2.26. The Hall–Kier alpha value is -3.12. The second-order valence-corrected chi connectivity index (χ2v) is 7.88. The van der Waals surface area contributed by atoms with Crippen molar-refractivity contribution < 1.29 is 22.6 Å². The summed E-state index contributed by atoms with van der Waals surface area (Å²) in [5.74, 6) is -0.0115. The molecule has 3 heterocycles. The molecule has 3 aromatic rings. The van der Waals surface area contributed by atoms with Gasteiger partial charge in [0.2, 0.25) is 0 Å². The molecule has 3 N–H and O–H groups in total. The number of hydrogen-bond acceptors (Lipinski definition) is 7. The van der Waals surface area contributed by atoms with Crippen molar-refractivity contribution in [2.45, 2.75) is 32.1 Å². The Balaban J connectivity index is 1.47. The third-order valence-corrected chi connectivity index (χ3v) is 5.34. The van der Waals surface area contributed by atoms with Crippen LogP contribution in [0.15, 0.2) is 29.1 Å². The molecule has 0 saturated carbocycles. The van der Waals surface area contributed by atoms with E-state index in [1.54, 1.807) is 0 Å². The number of halogens is 3. The molecular formula is C21H25F3N6O3. The minimum absolute atomic E-state index is 0.0115. The van der Waals surface area contributed by atoms with Crippen molar-refractivity contribution in [1.82, 2.24) is 24.4 Å². The standard InChI is InChI=1S/C21H25F3N6O3/c22-21(23,24)6-1-9-33-19-27-17(25)16-18(28-19)30(20(31)26-16)13-15-4-2-14(3-5-15)12-29-7-10-32-11-8-29/h2-5H,1,6-13H2,(H,26,31)(H2,25,27,28). The third kappa shape index (κ3) is 6.02. The van der Waals surface area contributed by atoms with E-state index in [0.29, 0.717) is 0 Å². The maximum Gasteiger partial charge on any atom is 0.389 e. The molecule has 1 fully saturated rings. The zero-order valence-corrected chi connectivity index (χ0v) is 17.9. The Morgan fingerprint density at radius 3 is 2.42 bits per heavy atom. The number of H-pyrrole nitrogens is 1. The molecule has 1 aliphatic heterocycles. The molecule has 0 bridgehead atoms. The highest BCUT2D eigenvalue weighted by Crippen LogP contribution is 2.22. The number of nitrogen functional groups attached to an aromatic ring is 1.